The average Bonchev–Trinajstić information content (AvgIpc) is 2.86. The Morgan fingerprint density at radius 2 is 1.81 bits per heavy atom. The Hall–Kier alpha value is -1.79. The van der Waals surface area contributed by atoms with E-state index in [1.54, 1.807) is 0 Å². The molecule has 0 saturated carbocycles. The average molecular weight is 287 g/mol. The van der Waals surface area contributed by atoms with Gasteiger partial charge in [-0.2, -0.15) is 0 Å². The van der Waals surface area contributed by atoms with Crippen LogP contribution in [0.2, 0.25) is 0 Å². The van der Waals surface area contributed by atoms with Crippen LogP contribution in [0.25, 0.3) is 0 Å². The lowest BCUT2D eigenvalue weighted by Crippen LogP contribution is -2.45. The van der Waals surface area contributed by atoms with E-state index >= 15 is 0 Å². The Morgan fingerprint density at radius 1 is 1.10 bits per heavy atom. The molecule has 0 spiro atoms. The zero-order valence-electron chi connectivity index (χ0n) is 12.5. The van der Waals surface area contributed by atoms with Crippen molar-refractivity contribution >= 4 is 0 Å². The van der Waals surface area contributed by atoms with E-state index in [0.717, 1.165) is 25.5 Å². The van der Waals surface area contributed by atoms with Crippen molar-refractivity contribution in [2.24, 2.45) is 0 Å². The molecule has 0 aliphatic carbocycles. The van der Waals surface area contributed by atoms with E-state index < -0.39 is 0 Å². The second-order valence-corrected chi connectivity index (χ2v) is 5.69. The van der Waals surface area contributed by atoms with E-state index in [-0.39, 0.29) is 12.2 Å². The third kappa shape index (κ3) is 3.65. The number of rotatable bonds is 4. The monoisotopic (exact) mass is 287 g/mol. The smallest absolute Gasteiger partial charge is 0.165 e. The van der Waals surface area contributed by atoms with Gasteiger partial charge in [-0.25, -0.2) is 4.68 Å². The van der Waals surface area contributed by atoms with Gasteiger partial charge in [-0.05, 0) is 29.8 Å². The number of nitrogens with zero attached hydrogens (tertiary/aromatic N) is 5. The Kier molecular flexibility index (Phi) is 4.26. The number of hydrogen-bond donors (Lipinski definition) is 0. The zero-order valence-corrected chi connectivity index (χ0v) is 12.5. The Morgan fingerprint density at radius 3 is 2.52 bits per heavy atom. The second kappa shape index (κ2) is 6.32. The van der Waals surface area contributed by atoms with Crippen LogP contribution in [0.3, 0.4) is 0 Å². The molecular formula is C15H21N5O. The maximum Gasteiger partial charge on any atom is 0.165 e. The molecule has 112 valence electrons. The molecule has 21 heavy (non-hydrogen) atoms. The summed E-state index contributed by atoms with van der Waals surface area (Å²) in [5.41, 5.74) is 1.20. The summed E-state index contributed by atoms with van der Waals surface area (Å²) in [6.45, 7) is 7.52. The highest BCUT2D eigenvalue weighted by atomic mass is 16.5. The van der Waals surface area contributed by atoms with E-state index in [0.29, 0.717) is 6.54 Å². The largest absolute Gasteiger partial charge is 0.373 e. The van der Waals surface area contributed by atoms with Crippen molar-refractivity contribution in [2.75, 3.05) is 13.1 Å². The van der Waals surface area contributed by atoms with Gasteiger partial charge in [-0.15, -0.1) is 5.10 Å². The van der Waals surface area contributed by atoms with Gasteiger partial charge in [0.05, 0.1) is 25.3 Å². The molecule has 1 aliphatic heterocycles. The van der Waals surface area contributed by atoms with Gasteiger partial charge in [0.25, 0.3) is 0 Å². The molecule has 0 bridgehead atoms. The fourth-order valence-electron chi connectivity index (χ4n) is 2.83. The summed E-state index contributed by atoms with van der Waals surface area (Å²) in [4.78, 5) is 2.35. The van der Waals surface area contributed by atoms with Crippen molar-refractivity contribution in [1.82, 2.24) is 25.1 Å². The third-order valence-electron chi connectivity index (χ3n) is 3.64. The summed E-state index contributed by atoms with van der Waals surface area (Å²) in [7, 11) is 0. The van der Waals surface area contributed by atoms with Gasteiger partial charge in [0.15, 0.2) is 5.82 Å². The fourth-order valence-corrected chi connectivity index (χ4v) is 2.83. The van der Waals surface area contributed by atoms with E-state index in [2.05, 4.69) is 46.4 Å². The number of benzene rings is 1. The minimum Gasteiger partial charge on any atom is -0.373 e. The first-order valence-corrected chi connectivity index (χ1v) is 7.37. The Labute approximate surface area is 124 Å². The number of tetrazole rings is 1. The van der Waals surface area contributed by atoms with Gasteiger partial charge in [-0.1, -0.05) is 30.3 Å². The normalized spacial score (nSPS) is 23.3. The summed E-state index contributed by atoms with van der Waals surface area (Å²) >= 11 is 0. The van der Waals surface area contributed by atoms with Gasteiger partial charge in [0.2, 0.25) is 0 Å². The van der Waals surface area contributed by atoms with E-state index in [1.807, 2.05) is 22.9 Å². The minimum absolute atomic E-state index is 0.257. The van der Waals surface area contributed by atoms with Gasteiger partial charge in [0, 0.05) is 13.1 Å². The zero-order chi connectivity index (χ0) is 14.7. The van der Waals surface area contributed by atoms with Crippen LogP contribution in [0.1, 0.15) is 25.2 Å². The molecule has 0 N–H and O–H groups in total. The summed E-state index contributed by atoms with van der Waals surface area (Å²) in [5.74, 6) is 0.903. The lowest BCUT2D eigenvalue weighted by Gasteiger charge is -2.34. The van der Waals surface area contributed by atoms with Crippen molar-refractivity contribution in [3.8, 4) is 0 Å². The first-order valence-electron chi connectivity index (χ1n) is 7.37. The predicted octanol–water partition coefficient (Wildman–Crippen LogP) is 1.33. The molecular weight excluding hydrogens is 266 g/mol. The molecule has 0 amide bonds. The molecule has 2 heterocycles. The second-order valence-electron chi connectivity index (χ2n) is 5.69. The molecule has 6 heteroatoms. The first kappa shape index (κ1) is 14.2. The number of aromatic nitrogens is 4. The number of ether oxygens (including phenoxy) is 1. The topological polar surface area (TPSA) is 56.1 Å². The minimum atomic E-state index is 0.257. The molecule has 1 fully saturated rings. The molecule has 0 unspecified atom stereocenters. The van der Waals surface area contributed by atoms with Crippen LogP contribution in [-0.4, -0.2) is 50.4 Å². The summed E-state index contributed by atoms with van der Waals surface area (Å²) in [5, 5.41) is 12.1. The lowest BCUT2D eigenvalue weighted by atomic mass is 10.2. The predicted molar refractivity (Wildman–Crippen MR) is 78.6 cm³/mol. The van der Waals surface area contributed by atoms with Crippen molar-refractivity contribution in [1.29, 1.82) is 0 Å². The lowest BCUT2D eigenvalue weighted by molar-refractivity contribution is -0.0713. The highest BCUT2D eigenvalue weighted by molar-refractivity contribution is 5.14. The molecule has 1 aromatic carbocycles. The number of hydrogen-bond acceptors (Lipinski definition) is 5. The molecule has 1 aliphatic rings. The number of morpholine rings is 1. The SMILES string of the molecule is C[C@@H]1CN(Cc2nnnn2Cc2ccccc2)C[C@@H](C)O1. The van der Waals surface area contributed by atoms with Crippen LogP contribution in [0.15, 0.2) is 30.3 Å². The molecule has 6 nitrogen and oxygen atoms in total. The van der Waals surface area contributed by atoms with Crippen LogP contribution < -0.4 is 0 Å². The maximum absolute atomic E-state index is 5.76. The van der Waals surface area contributed by atoms with Crippen molar-refractivity contribution in [2.45, 2.75) is 39.1 Å². The molecule has 2 aromatic rings. The van der Waals surface area contributed by atoms with Crippen molar-refractivity contribution in [3.05, 3.63) is 41.7 Å². The summed E-state index contributed by atoms with van der Waals surface area (Å²) < 4.78 is 7.64. The van der Waals surface area contributed by atoms with Gasteiger partial charge in [-0.3, -0.25) is 4.90 Å². The Bertz CT molecular complexity index is 560. The summed E-state index contributed by atoms with van der Waals surface area (Å²) in [6.07, 6.45) is 0.513. The molecule has 1 aromatic heterocycles. The third-order valence-corrected chi connectivity index (χ3v) is 3.64. The van der Waals surface area contributed by atoms with Crippen LogP contribution in [0.4, 0.5) is 0 Å². The fraction of sp³-hybridized carbons (Fsp3) is 0.533. The quantitative estimate of drug-likeness (QED) is 0.849. The van der Waals surface area contributed by atoms with Crippen LogP contribution >= 0.6 is 0 Å². The van der Waals surface area contributed by atoms with Crippen LogP contribution in [0.5, 0.6) is 0 Å². The van der Waals surface area contributed by atoms with Gasteiger partial charge >= 0.3 is 0 Å². The van der Waals surface area contributed by atoms with Gasteiger partial charge in [0.1, 0.15) is 0 Å². The first-order chi connectivity index (χ1) is 10.2. The Balaban J connectivity index is 1.68. The van der Waals surface area contributed by atoms with Crippen LogP contribution in [-0.2, 0) is 17.8 Å². The summed E-state index contributed by atoms with van der Waals surface area (Å²) in [6, 6.07) is 10.3. The van der Waals surface area contributed by atoms with Crippen molar-refractivity contribution in [3.63, 3.8) is 0 Å². The molecule has 0 radical (unpaired) electrons. The van der Waals surface area contributed by atoms with Crippen LogP contribution in [0, 0.1) is 0 Å². The molecule has 3 rings (SSSR count). The van der Waals surface area contributed by atoms with E-state index in [4.69, 9.17) is 4.74 Å². The van der Waals surface area contributed by atoms with Gasteiger partial charge < -0.3 is 4.74 Å². The highest BCUT2D eigenvalue weighted by Gasteiger charge is 2.23. The van der Waals surface area contributed by atoms with Crippen molar-refractivity contribution < 1.29 is 4.74 Å². The standard InChI is InChI=1S/C15H21N5O/c1-12-8-19(9-13(2)21-12)11-15-16-17-18-20(15)10-14-6-4-3-5-7-14/h3-7,12-13H,8-11H2,1-2H3/t12-,13-/m1/s1. The highest BCUT2D eigenvalue weighted by Crippen LogP contribution is 2.13. The van der Waals surface area contributed by atoms with E-state index in [9.17, 15) is 0 Å². The van der Waals surface area contributed by atoms with E-state index in [1.165, 1.54) is 5.56 Å². The molecule has 1 saturated heterocycles. The maximum atomic E-state index is 5.76. The molecule has 2 atom stereocenters.